The topological polar surface area (TPSA) is 75.7 Å². The Kier molecular flexibility index (Phi) is 5.52. The lowest BCUT2D eigenvalue weighted by Crippen LogP contribution is -2.49. The maximum Gasteiger partial charge on any atom is 0.317 e. The molecule has 0 aromatic heterocycles. The lowest BCUT2D eigenvalue weighted by Gasteiger charge is -2.27. The molecule has 1 unspecified atom stereocenters. The summed E-state index contributed by atoms with van der Waals surface area (Å²) in [5, 5.41) is 3.38. The van der Waals surface area contributed by atoms with Crippen LogP contribution in [0.1, 0.15) is 6.92 Å². The number of carbonyl (C=O) groups is 1. The van der Waals surface area contributed by atoms with Crippen LogP contribution in [0.25, 0.3) is 0 Å². The highest BCUT2D eigenvalue weighted by atomic mass is 35.5. The largest absolute Gasteiger partial charge is 0.489 e. The van der Waals surface area contributed by atoms with Crippen molar-refractivity contribution in [2.45, 2.75) is 13.0 Å². The maximum absolute atomic E-state index is 12.0. The van der Waals surface area contributed by atoms with Gasteiger partial charge in [-0.3, -0.25) is 0 Å². The van der Waals surface area contributed by atoms with E-state index in [0.717, 1.165) is 0 Å². The highest BCUT2D eigenvalue weighted by Gasteiger charge is 2.25. The summed E-state index contributed by atoms with van der Waals surface area (Å²) < 4.78 is 28.3. The predicted molar refractivity (Wildman–Crippen MR) is 85.2 cm³/mol. The quantitative estimate of drug-likeness (QED) is 0.897. The number of halogens is 1. The van der Waals surface area contributed by atoms with E-state index < -0.39 is 9.84 Å². The Labute approximate surface area is 135 Å². The summed E-state index contributed by atoms with van der Waals surface area (Å²) in [6, 6.07) is 6.72. The lowest BCUT2D eigenvalue weighted by atomic mass is 10.3. The molecule has 1 aromatic rings. The summed E-state index contributed by atoms with van der Waals surface area (Å²) in [4.78, 5) is 13.5. The first-order valence-electron chi connectivity index (χ1n) is 7.01. The minimum absolute atomic E-state index is 0.0250. The van der Waals surface area contributed by atoms with Gasteiger partial charge in [-0.05, 0) is 31.2 Å². The number of ether oxygens (including phenoxy) is 1. The number of urea groups is 1. The van der Waals surface area contributed by atoms with E-state index in [1.807, 2.05) is 6.92 Å². The molecule has 2 amide bonds. The summed E-state index contributed by atoms with van der Waals surface area (Å²) in [7, 11) is -2.98. The van der Waals surface area contributed by atoms with Gasteiger partial charge in [-0.15, -0.1) is 0 Å². The molecule has 1 fully saturated rings. The molecular weight excluding hydrogens is 328 g/mol. The van der Waals surface area contributed by atoms with Gasteiger partial charge in [-0.2, -0.15) is 0 Å². The molecule has 122 valence electrons. The maximum atomic E-state index is 12.0. The molecular formula is C14H19ClN2O4S. The fourth-order valence-electron chi connectivity index (χ4n) is 2.05. The van der Waals surface area contributed by atoms with Crippen LogP contribution in [0, 0.1) is 0 Å². The second-order valence-electron chi connectivity index (χ2n) is 5.21. The van der Waals surface area contributed by atoms with Crippen LogP contribution in [0.3, 0.4) is 0 Å². The van der Waals surface area contributed by atoms with Crippen LogP contribution in [-0.2, 0) is 9.84 Å². The summed E-state index contributed by atoms with van der Waals surface area (Å²) in [6.07, 6.45) is -0.210. The SMILES string of the molecule is CC(CNC(=O)N1CCS(=O)(=O)CC1)Oc1ccc(Cl)cc1. The fourth-order valence-corrected chi connectivity index (χ4v) is 3.37. The number of hydrogen-bond donors (Lipinski definition) is 1. The number of benzene rings is 1. The molecule has 0 radical (unpaired) electrons. The zero-order valence-corrected chi connectivity index (χ0v) is 13.9. The standard InChI is InChI=1S/C14H19ClN2O4S/c1-11(21-13-4-2-12(15)3-5-13)10-16-14(18)17-6-8-22(19,20)9-7-17/h2-5,11H,6-10H2,1H3,(H,16,18). The highest BCUT2D eigenvalue weighted by molar-refractivity contribution is 7.91. The van der Waals surface area contributed by atoms with Gasteiger partial charge in [-0.1, -0.05) is 11.6 Å². The fraction of sp³-hybridized carbons (Fsp3) is 0.500. The molecule has 0 aliphatic carbocycles. The van der Waals surface area contributed by atoms with Crippen molar-refractivity contribution < 1.29 is 17.9 Å². The number of nitrogens with zero attached hydrogens (tertiary/aromatic N) is 1. The first-order chi connectivity index (χ1) is 10.4. The van der Waals surface area contributed by atoms with Crippen LogP contribution in [-0.4, -0.2) is 56.6 Å². The van der Waals surface area contributed by atoms with Crippen molar-refractivity contribution >= 4 is 27.5 Å². The summed E-state index contributed by atoms with van der Waals surface area (Å²) in [5.74, 6) is 0.726. The Hall–Kier alpha value is -1.47. The molecule has 0 saturated carbocycles. The van der Waals surface area contributed by atoms with Crippen LogP contribution in [0.4, 0.5) is 4.79 Å². The number of hydrogen-bond acceptors (Lipinski definition) is 4. The van der Waals surface area contributed by atoms with Crippen molar-refractivity contribution in [3.8, 4) is 5.75 Å². The number of rotatable bonds is 4. The van der Waals surface area contributed by atoms with Gasteiger partial charge >= 0.3 is 6.03 Å². The molecule has 22 heavy (non-hydrogen) atoms. The highest BCUT2D eigenvalue weighted by Crippen LogP contribution is 2.16. The second kappa shape index (κ2) is 7.19. The van der Waals surface area contributed by atoms with Crippen molar-refractivity contribution in [2.75, 3.05) is 31.1 Å². The molecule has 0 spiro atoms. The average molecular weight is 347 g/mol. The van der Waals surface area contributed by atoms with Crippen molar-refractivity contribution in [1.29, 1.82) is 0 Å². The molecule has 1 aromatic carbocycles. The zero-order valence-electron chi connectivity index (χ0n) is 12.3. The van der Waals surface area contributed by atoms with Gasteiger partial charge in [-0.25, -0.2) is 13.2 Å². The van der Waals surface area contributed by atoms with Gasteiger partial charge in [0.1, 0.15) is 11.9 Å². The summed E-state index contributed by atoms with van der Waals surface area (Å²) in [6.45, 7) is 2.65. The minimum atomic E-state index is -2.98. The molecule has 1 aliphatic rings. The Morgan fingerprint density at radius 2 is 1.91 bits per heavy atom. The second-order valence-corrected chi connectivity index (χ2v) is 7.95. The van der Waals surface area contributed by atoms with E-state index in [9.17, 15) is 13.2 Å². The van der Waals surface area contributed by atoms with Crippen LogP contribution < -0.4 is 10.1 Å². The third kappa shape index (κ3) is 5.06. The van der Waals surface area contributed by atoms with Crippen molar-refractivity contribution in [3.05, 3.63) is 29.3 Å². The van der Waals surface area contributed by atoms with Crippen LogP contribution in [0.2, 0.25) is 5.02 Å². The Morgan fingerprint density at radius 3 is 2.50 bits per heavy atom. The van der Waals surface area contributed by atoms with Crippen LogP contribution >= 0.6 is 11.6 Å². The van der Waals surface area contributed by atoms with Crippen LogP contribution in [0.5, 0.6) is 5.75 Å². The van der Waals surface area contributed by atoms with E-state index in [1.54, 1.807) is 24.3 Å². The molecule has 1 N–H and O–H groups in total. The van der Waals surface area contributed by atoms with Gasteiger partial charge in [0.05, 0.1) is 18.1 Å². The zero-order chi connectivity index (χ0) is 16.2. The molecule has 8 heteroatoms. The van der Waals surface area contributed by atoms with Gasteiger partial charge in [0, 0.05) is 18.1 Å². The minimum Gasteiger partial charge on any atom is -0.489 e. The first kappa shape index (κ1) is 16.9. The van der Waals surface area contributed by atoms with Crippen LogP contribution in [0.15, 0.2) is 24.3 Å². The third-order valence-electron chi connectivity index (χ3n) is 3.32. The van der Waals surface area contributed by atoms with Gasteiger partial charge < -0.3 is 15.0 Å². The Balaban J connectivity index is 1.75. The number of carbonyl (C=O) groups excluding carboxylic acids is 1. The van der Waals surface area contributed by atoms with E-state index in [0.29, 0.717) is 17.3 Å². The molecule has 1 saturated heterocycles. The predicted octanol–water partition coefficient (Wildman–Crippen LogP) is 1.55. The number of nitrogens with one attached hydrogen (secondary N) is 1. The van der Waals surface area contributed by atoms with Crippen molar-refractivity contribution in [1.82, 2.24) is 10.2 Å². The molecule has 1 heterocycles. The average Bonchev–Trinajstić information content (AvgIpc) is 2.47. The van der Waals surface area contributed by atoms with Crippen molar-refractivity contribution in [2.24, 2.45) is 0 Å². The smallest absolute Gasteiger partial charge is 0.317 e. The molecule has 6 nitrogen and oxygen atoms in total. The summed E-state index contributed by atoms with van der Waals surface area (Å²) >= 11 is 5.80. The number of amides is 2. The van der Waals surface area contributed by atoms with Gasteiger partial charge in [0.2, 0.25) is 0 Å². The van der Waals surface area contributed by atoms with E-state index in [2.05, 4.69) is 5.32 Å². The third-order valence-corrected chi connectivity index (χ3v) is 5.18. The van der Waals surface area contributed by atoms with Gasteiger partial charge in [0.25, 0.3) is 0 Å². The number of sulfone groups is 1. The monoisotopic (exact) mass is 346 g/mol. The van der Waals surface area contributed by atoms with E-state index in [4.69, 9.17) is 16.3 Å². The van der Waals surface area contributed by atoms with E-state index in [1.165, 1.54) is 4.90 Å². The van der Waals surface area contributed by atoms with Crippen molar-refractivity contribution in [3.63, 3.8) is 0 Å². The lowest BCUT2D eigenvalue weighted by molar-refractivity contribution is 0.185. The summed E-state index contributed by atoms with van der Waals surface area (Å²) in [5.41, 5.74) is 0. The van der Waals surface area contributed by atoms with Gasteiger partial charge in [0.15, 0.2) is 9.84 Å². The van der Waals surface area contributed by atoms with E-state index in [-0.39, 0.29) is 36.7 Å². The Morgan fingerprint density at radius 1 is 1.32 bits per heavy atom. The molecule has 1 atom stereocenters. The molecule has 0 bridgehead atoms. The molecule has 1 aliphatic heterocycles. The first-order valence-corrected chi connectivity index (χ1v) is 9.21. The normalized spacial score (nSPS) is 18.5. The van der Waals surface area contributed by atoms with E-state index >= 15 is 0 Å². The molecule has 2 rings (SSSR count). The Bertz CT molecular complexity index is 604.